The van der Waals surface area contributed by atoms with E-state index in [1.165, 1.54) is 3.97 Å². The number of aromatic nitrogens is 4. The number of hydrogen-bond donors (Lipinski definition) is 1. The van der Waals surface area contributed by atoms with Gasteiger partial charge in [-0.05, 0) is 45.0 Å². The smallest absolute Gasteiger partial charge is 0.242 e. The predicted octanol–water partition coefficient (Wildman–Crippen LogP) is 3.39. The molecule has 0 bridgehead atoms. The molecule has 0 aliphatic carbocycles. The highest BCUT2D eigenvalue weighted by molar-refractivity contribution is 7.90. The van der Waals surface area contributed by atoms with E-state index in [-0.39, 0.29) is 6.04 Å². The van der Waals surface area contributed by atoms with Crippen LogP contribution in [0.5, 0.6) is 0 Å². The van der Waals surface area contributed by atoms with Gasteiger partial charge in [-0.25, -0.2) is 22.4 Å². The Morgan fingerprint density at radius 3 is 2.84 bits per heavy atom. The van der Waals surface area contributed by atoms with Crippen LogP contribution in [0.3, 0.4) is 0 Å². The van der Waals surface area contributed by atoms with Crippen molar-refractivity contribution in [2.24, 2.45) is 0 Å². The first kappa shape index (κ1) is 20.0. The minimum Gasteiger partial charge on any atom is -0.377 e. The van der Waals surface area contributed by atoms with Gasteiger partial charge in [-0.2, -0.15) is 0 Å². The number of morpholine rings is 1. The van der Waals surface area contributed by atoms with Crippen molar-refractivity contribution >= 4 is 37.8 Å². The molecule has 8 nitrogen and oxygen atoms in total. The van der Waals surface area contributed by atoms with Crippen molar-refractivity contribution < 1.29 is 13.2 Å². The molecule has 1 aliphatic heterocycles. The minimum absolute atomic E-state index is 0.168. The summed E-state index contributed by atoms with van der Waals surface area (Å²) in [5.74, 6) is 0. The van der Waals surface area contributed by atoms with Crippen molar-refractivity contribution in [2.75, 3.05) is 24.7 Å². The molecule has 5 heterocycles. The van der Waals surface area contributed by atoms with E-state index in [1.54, 1.807) is 26.2 Å². The maximum Gasteiger partial charge on any atom is 0.242 e. The number of H-pyrrole nitrogens is 1. The number of anilines is 1. The Labute approximate surface area is 180 Å². The van der Waals surface area contributed by atoms with Gasteiger partial charge in [-0.1, -0.05) is 0 Å². The van der Waals surface area contributed by atoms with Crippen LogP contribution >= 0.6 is 0 Å². The van der Waals surface area contributed by atoms with E-state index in [4.69, 9.17) is 9.72 Å². The van der Waals surface area contributed by atoms with Crippen LogP contribution in [0, 0.1) is 0 Å². The highest BCUT2D eigenvalue weighted by Gasteiger charge is 2.27. The van der Waals surface area contributed by atoms with E-state index in [2.05, 4.69) is 27.9 Å². The molecule has 9 heteroatoms. The summed E-state index contributed by atoms with van der Waals surface area (Å²) in [6.45, 7) is 7.47. The first-order chi connectivity index (χ1) is 14.9. The SMILES string of the molecule is CC1COCCN1c1cc(-c2ccnc3[nH]ccc23)nc2c1ccn2S(=O)(=O)C(C)C. The molecule has 5 rings (SSSR count). The number of ether oxygens (including phenoxy) is 1. The lowest BCUT2D eigenvalue weighted by Crippen LogP contribution is -2.43. The van der Waals surface area contributed by atoms with Crippen molar-refractivity contribution in [3.8, 4) is 11.3 Å². The second kappa shape index (κ2) is 7.35. The zero-order chi connectivity index (χ0) is 21.8. The van der Waals surface area contributed by atoms with Crippen molar-refractivity contribution in [2.45, 2.75) is 32.1 Å². The Morgan fingerprint density at radius 1 is 1.23 bits per heavy atom. The van der Waals surface area contributed by atoms with E-state index in [0.29, 0.717) is 24.6 Å². The van der Waals surface area contributed by atoms with E-state index in [0.717, 1.165) is 34.2 Å². The van der Waals surface area contributed by atoms with E-state index in [1.807, 2.05) is 24.4 Å². The van der Waals surface area contributed by atoms with Crippen LogP contribution in [0.4, 0.5) is 5.69 Å². The summed E-state index contributed by atoms with van der Waals surface area (Å²) in [4.78, 5) is 14.6. The van der Waals surface area contributed by atoms with Crippen molar-refractivity contribution in [3.63, 3.8) is 0 Å². The molecule has 1 saturated heterocycles. The molecule has 1 N–H and O–H groups in total. The van der Waals surface area contributed by atoms with Gasteiger partial charge in [-0.3, -0.25) is 0 Å². The van der Waals surface area contributed by atoms with Gasteiger partial charge in [0.2, 0.25) is 10.0 Å². The molecule has 4 aromatic rings. The number of nitrogens with zero attached hydrogens (tertiary/aromatic N) is 4. The van der Waals surface area contributed by atoms with Gasteiger partial charge in [0.1, 0.15) is 5.65 Å². The second-order valence-electron chi connectivity index (χ2n) is 8.18. The molecule has 31 heavy (non-hydrogen) atoms. The summed E-state index contributed by atoms with van der Waals surface area (Å²) in [5.41, 5.74) is 3.80. The average molecular weight is 440 g/mol. The van der Waals surface area contributed by atoms with E-state index >= 15 is 0 Å². The standard InChI is InChI=1S/C22H25N5O3S/c1-14(2)31(28,29)27-9-6-18-20(26-10-11-30-13-15(26)3)12-19(25-22(18)27)16-4-7-23-21-17(16)5-8-24-21/h4-9,12,14-15H,10-11,13H2,1-3H3,(H,23,24). The summed E-state index contributed by atoms with van der Waals surface area (Å²) in [6.07, 6.45) is 5.20. The number of aromatic amines is 1. The molecule has 1 fully saturated rings. The monoisotopic (exact) mass is 439 g/mol. The first-order valence-electron chi connectivity index (χ1n) is 10.4. The molecule has 0 spiro atoms. The van der Waals surface area contributed by atoms with Crippen molar-refractivity contribution in [1.29, 1.82) is 0 Å². The topological polar surface area (TPSA) is 93.1 Å². The van der Waals surface area contributed by atoms with Gasteiger partial charge in [0, 0.05) is 47.5 Å². The number of rotatable bonds is 4. The Kier molecular flexibility index (Phi) is 4.75. The highest BCUT2D eigenvalue weighted by atomic mass is 32.2. The molecule has 1 aliphatic rings. The van der Waals surface area contributed by atoms with Crippen LogP contribution in [0.1, 0.15) is 20.8 Å². The fourth-order valence-electron chi connectivity index (χ4n) is 4.15. The lowest BCUT2D eigenvalue weighted by atomic mass is 10.1. The van der Waals surface area contributed by atoms with Crippen LogP contribution in [-0.4, -0.2) is 58.4 Å². The molecular formula is C22H25N5O3S. The zero-order valence-corrected chi connectivity index (χ0v) is 18.6. The maximum absolute atomic E-state index is 13.1. The van der Waals surface area contributed by atoms with Crippen molar-refractivity contribution in [1.82, 2.24) is 18.9 Å². The maximum atomic E-state index is 13.1. The average Bonchev–Trinajstić information content (AvgIpc) is 3.40. The summed E-state index contributed by atoms with van der Waals surface area (Å²) in [6, 6.07) is 7.95. The number of hydrogen-bond acceptors (Lipinski definition) is 6. The van der Waals surface area contributed by atoms with E-state index in [9.17, 15) is 8.42 Å². The molecule has 162 valence electrons. The highest BCUT2D eigenvalue weighted by Crippen LogP contribution is 2.36. The molecule has 4 aromatic heterocycles. The van der Waals surface area contributed by atoms with Crippen LogP contribution in [0.15, 0.2) is 42.9 Å². The van der Waals surface area contributed by atoms with Gasteiger partial charge in [0.25, 0.3) is 0 Å². The van der Waals surface area contributed by atoms with Crippen LogP contribution in [-0.2, 0) is 14.8 Å². The third-order valence-electron chi connectivity index (χ3n) is 5.89. The molecule has 0 radical (unpaired) electrons. The molecule has 1 atom stereocenters. The number of nitrogens with one attached hydrogen (secondary N) is 1. The molecule has 1 unspecified atom stereocenters. The fourth-order valence-corrected chi connectivity index (χ4v) is 5.21. The van der Waals surface area contributed by atoms with E-state index < -0.39 is 15.3 Å². The fraction of sp³-hybridized carbons (Fsp3) is 0.364. The molecular weight excluding hydrogens is 414 g/mol. The Hall–Kier alpha value is -2.91. The molecule has 0 aromatic carbocycles. The van der Waals surface area contributed by atoms with Crippen molar-refractivity contribution in [3.05, 3.63) is 42.9 Å². The quantitative estimate of drug-likeness (QED) is 0.524. The van der Waals surface area contributed by atoms with Gasteiger partial charge >= 0.3 is 0 Å². The number of fused-ring (bicyclic) bond motifs is 2. The molecule has 0 saturated carbocycles. The predicted molar refractivity (Wildman–Crippen MR) is 122 cm³/mol. The summed E-state index contributed by atoms with van der Waals surface area (Å²) in [7, 11) is -3.56. The normalized spacial score (nSPS) is 17.8. The lowest BCUT2D eigenvalue weighted by Gasteiger charge is -2.35. The second-order valence-corrected chi connectivity index (χ2v) is 10.6. The third-order valence-corrected chi connectivity index (χ3v) is 7.92. The van der Waals surface area contributed by atoms with Gasteiger partial charge < -0.3 is 14.6 Å². The number of pyridine rings is 2. The minimum atomic E-state index is -3.56. The summed E-state index contributed by atoms with van der Waals surface area (Å²) >= 11 is 0. The summed E-state index contributed by atoms with van der Waals surface area (Å²) in [5, 5.41) is 1.21. The Morgan fingerprint density at radius 2 is 2.06 bits per heavy atom. The first-order valence-corrected chi connectivity index (χ1v) is 11.9. The largest absolute Gasteiger partial charge is 0.377 e. The Bertz CT molecular complexity index is 1370. The lowest BCUT2D eigenvalue weighted by molar-refractivity contribution is 0.0991. The van der Waals surface area contributed by atoms with Gasteiger partial charge in [0.05, 0.1) is 29.8 Å². The summed E-state index contributed by atoms with van der Waals surface area (Å²) < 4.78 is 33.1. The zero-order valence-electron chi connectivity index (χ0n) is 17.7. The van der Waals surface area contributed by atoms with Crippen LogP contribution in [0.25, 0.3) is 33.3 Å². The third kappa shape index (κ3) is 3.19. The van der Waals surface area contributed by atoms with Crippen LogP contribution in [0.2, 0.25) is 0 Å². The Balaban J connectivity index is 1.81. The molecule has 0 amide bonds. The van der Waals surface area contributed by atoms with Crippen LogP contribution < -0.4 is 4.90 Å². The van der Waals surface area contributed by atoms with Gasteiger partial charge in [-0.15, -0.1) is 0 Å². The van der Waals surface area contributed by atoms with Gasteiger partial charge in [0.15, 0.2) is 5.65 Å².